The molecule has 17 heavy (non-hydrogen) atoms. The Labute approximate surface area is 99.9 Å². The van der Waals surface area contributed by atoms with E-state index in [1.54, 1.807) is 7.05 Å². The highest BCUT2D eigenvalue weighted by Gasteiger charge is 2.19. The van der Waals surface area contributed by atoms with Crippen LogP contribution < -0.4 is 0 Å². The van der Waals surface area contributed by atoms with Crippen molar-refractivity contribution in [2.75, 3.05) is 0 Å². The molecule has 0 saturated carbocycles. The predicted octanol–water partition coefficient (Wildman–Crippen LogP) is 2.19. The number of halogens is 1. The lowest BCUT2D eigenvalue weighted by Crippen LogP contribution is -1.98. The zero-order chi connectivity index (χ0) is 12.6. The van der Waals surface area contributed by atoms with E-state index in [9.17, 15) is 14.5 Å². The molecule has 0 spiro atoms. The summed E-state index contributed by atoms with van der Waals surface area (Å²) in [4.78, 5) is 10.2. The number of H-pyrrole nitrogens is 1. The molecule has 2 aromatic rings. The number of nitrogens with zero attached hydrogens (tertiary/aromatic N) is 3. The number of nitro groups is 1. The van der Waals surface area contributed by atoms with Crippen LogP contribution in [-0.4, -0.2) is 19.7 Å². The zero-order valence-electron chi connectivity index (χ0n) is 8.68. The fourth-order valence-electron chi connectivity index (χ4n) is 1.43. The van der Waals surface area contributed by atoms with Crippen LogP contribution in [0.5, 0.6) is 0 Å². The minimum atomic E-state index is -0.669. The summed E-state index contributed by atoms with van der Waals surface area (Å²) in [5, 5.41) is 17.2. The van der Waals surface area contributed by atoms with Crippen LogP contribution in [0.1, 0.15) is 0 Å². The number of nitro benzene ring substituents is 1. The molecule has 0 atom stereocenters. The second-order valence-electron chi connectivity index (χ2n) is 3.33. The lowest BCUT2D eigenvalue weighted by molar-refractivity contribution is -0.384. The molecule has 1 N–H and O–H groups in total. The monoisotopic (exact) mass is 254 g/mol. The molecule has 0 radical (unpaired) electrons. The molecule has 0 aliphatic carbocycles. The van der Waals surface area contributed by atoms with Crippen LogP contribution in [0.3, 0.4) is 0 Å². The maximum atomic E-state index is 13.0. The van der Waals surface area contributed by atoms with Gasteiger partial charge in [0.1, 0.15) is 5.82 Å². The van der Waals surface area contributed by atoms with Gasteiger partial charge in [0.25, 0.3) is 5.69 Å². The van der Waals surface area contributed by atoms with Gasteiger partial charge in [0.05, 0.1) is 16.6 Å². The lowest BCUT2D eigenvalue weighted by atomic mass is 10.1. The molecule has 6 nitrogen and oxygen atoms in total. The lowest BCUT2D eigenvalue weighted by Gasteiger charge is -2.02. The van der Waals surface area contributed by atoms with Crippen LogP contribution in [0, 0.1) is 20.7 Å². The molecule has 2 rings (SSSR count). The first-order valence-corrected chi connectivity index (χ1v) is 4.97. The summed E-state index contributed by atoms with van der Waals surface area (Å²) in [6.45, 7) is 0. The smallest absolute Gasteiger partial charge is 0.283 e. The van der Waals surface area contributed by atoms with Gasteiger partial charge in [-0.25, -0.2) is 4.39 Å². The second kappa shape index (κ2) is 4.06. The van der Waals surface area contributed by atoms with Crippen LogP contribution in [-0.2, 0) is 7.05 Å². The van der Waals surface area contributed by atoms with E-state index in [0.29, 0.717) is 10.6 Å². The predicted molar refractivity (Wildman–Crippen MR) is 60.4 cm³/mol. The molecule has 1 aromatic heterocycles. The zero-order valence-corrected chi connectivity index (χ0v) is 9.49. The first-order valence-electron chi connectivity index (χ1n) is 4.56. The van der Waals surface area contributed by atoms with Gasteiger partial charge in [0.2, 0.25) is 0 Å². The number of benzene rings is 1. The third-order valence-electron chi connectivity index (χ3n) is 2.28. The van der Waals surface area contributed by atoms with Gasteiger partial charge < -0.3 is 4.57 Å². The Kier molecular flexibility index (Phi) is 2.72. The third kappa shape index (κ3) is 1.94. The Balaban J connectivity index is 2.71. The minimum absolute atomic E-state index is 0.214. The van der Waals surface area contributed by atoms with Crippen LogP contribution in [0.2, 0.25) is 0 Å². The fourth-order valence-corrected chi connectivity index (χ4v) is 1.56. The minimum Gasteiger partial charge on any atom is -0.303 e. The van der Waals surface area contributed by atoms with Crippen LogP contribution in [0.25, 0.3) is 11.4 Å². The highest BCUT2D eigenvalue weighted by molar-refractivity contribution is 7.71. The third-order valence-corrected chi connectivity index (χ3v) is 2.64. The molecule has 0 bridgehead atoms. The number of rotatable bonds is 2. The number of aromatic nitrogens is 3. The summed E-state index contributed by atoms with van der Waals surface area (Å²) in [5.41, 5.74) is -0.131. The standard InChI is InChI=1S/C9H7FN4O2S/c1-13-8(11-12-9(13)17)6-3-2-5(10)4-7(6)14(15)16/h2-4H,1H3,(H,12,17). The number of nitrogens with one attached hydrogen (secondary N) is 1. The van der Waals surface area contributed by atoms with E-state index in [4.69, 9.17) is 12.2 Å². The summed E-state index contributed by atoms with van der Waals surface area (Å²) in [7, 11) is 1.62. The Bertz CT molecular complexity index is 649. The molecule has 88 valence electrons. The summed E-state index contributed by atoms with van der Waals surface area (Å²) >= 11 is 4.91. The van der Waals surface area contributed by atoms with Crippen molar-refractivity contribution in [3.05, 3.63) is 38.9 Å². The average molecular weight is 254 g/mol. The highest BCUT2D eigenvalue weighted by Crippen LogP contribution is 2.28. The number of hydrogen-bond acceptors (Lipinski definition) is 4. The second-order valence-corrected chi connectivity index (χ2v) is 3.72. The fraction of sp³-hybridized carbons (Fsp3) is 0.111. The van der Waals surface area contributed by atoms with Crippen molar-refractivity contribution in [3.63, 3.8) is 0 Å². The van der Waals surface area contributed by atoms with Crippen LogP contribution in [0.4, 0.5) is 10.1 Å². The molecule has 0 unspecified atom stereocenters. The van der Waals surface area contributed by atoms with E-state index >= 15 is 0 Å². The molecule has 8 heteroatoms. The van der Waals surface area contributed by atoms with Gasteiger partial charge in [-0.15, -0.1) is 0 Å². The molecule has 0 fully saturated rings. The van der Waals surface area contributed by atoms with Crippen molar-refractivity contribution in [1.82, 2.24) is 14.8 Å². The van der Waals surface area contributed by atoms with Gasteiger partial charge in [-0.05, 0) is 24.4 Å². The molecule has 1 heterocycles. The van der Waals surface area contributed by atoms with Crippen LogP contribution >= 0.6 is 12.2 Å². The van der Waals surface area contributed by atoms with Gasteiger partial charge >= 0.3 is 0 Å². The van der Waals surface area contributed by atoms with E-state index in [0.717, 1.165) is 12.1 Å². The molecular weight excluding hydrogens is 247 g/mol. The highest BCUT2D eigenvalue weighted by atomic mass is 32.1. The Hall–Kier alpha value is -2.09. The normalized spacial score (nSPS) is 10.5. The number of hydrogen-bond donors (Lipinski definition) is 1. The Morgan fingerprint density at radius 2 is 2.29 bits per heavy atom. The average Bonchev–Trinajstić information content (AvgIpc) is 2.60. The van der Waals surface area contributed by atoms with Crippen LogP contribution in [0.15, 0.2) is 18.2 Å². The molecule has 1 aromatic carbocycles. The summed E-state index contributed by atoms with van der Waals surface area (Å²) in [6.07, 6.45) is 0. The summed E-state index contributed by atoms with van der Waals surface area (Å²) in [6, 6.07) is 3.30. The van der Waals surface area contributed by atoms with E-state index in [-0.39, 0.29) is 11.3 Å². The molecule has 0 aliphatic rings. The quantitative estimate of drug-likeness (QED) is 0.506. The maximum Gasteiger partial charge on any atom is 0.283 e. The first-order chi connectivity index (χ1) is 8.00. The summed E-state index contributed by atoms with van der Waals surface area (Å²) in [5.74, 6) is -0.376. The molecule has 0 saturated heterocycles. The first kappa shape index (κ1) is 11.4. The van der Waals surface area contributed by atoms with Gasteiger partial charge in [-0.2, -0.15) is 5.10 Å². The van der Waals surface area contributed by atoms with Gasteiger partial charge in [0, 0.05) is 7.05 Å². The number of aromatic amines is 1. The van der Waals surface area contributed by atoms with Crippen molar-refractivity contribution < 1.29 is 9.31 Å². The Morgan fingerprint density at radius 3 is 2.82 bits per heavy atom. The van der Waals surface area contributed by atoms with Crippen molar-refractivity contribution in [2.45, 2.75) is 0 Å². The van der Waals surface area contributed by atoms with Gasteiger partial charge in [0.15, 0.2) is 10.6 Å². The molecule has 0 aliphatic heterocycles. The van der Waals surface area contributed by atoms with Crippen molar-refractivity contribution in [2.24, 2.45) is 7.05 Å². The van der Waals surface area contributed by atoms with Gasteiger partial charge in [-0.3, -0.25) is 15.2 Å². The largest absolute Gasteiger partial charge is 0.303 e. The van der Waals surface area contributed by atoms with Crippen molar-refractivity contribution in [3.8, 4) is 11.4 Å². The topological polar surface area (TPSA) is 76.8 Å². The maximum absolute atomic E-state index is 13.0. The van der Waals surface area contributed by atoms with E-state index in [1.807, 2.05) is 0 Å². The van der Waals surface area contributed by atoms with Crippen molar-refractivity contribution in [1.29, 1.82) is 0 Å². The molecule has 0 amide bonds. The summed E-state index contributed by atoms with van der Waals surface area (Å²) < 4.78 is 14.8. The SMILES string of the molecule is Cn1c(-c2ccc(F)cc2[N+](=O)[O-])n[nH]c1=S. The van der Waals surface area contributed by atoms with E-state index < -0.39 is 10.7 Å². The van der Waals surface area contributed by atoms with Gasteiger partial charge in [-0.1, -0.05) is 0 Å². The van der Waals surface area contributed by atoms with E-state index in [1.165, 1.54) is 10.6 Å². The van der Waals surface area contributed by atoms with E-state index in [2.05, 4.69) is 10.2 Å². The van der Waals surface area contributed by atoms with Crippen molar-refractivity contribution >= 4 is 17.9 Å². The molecular formula is C9H7FN4O2S. The Morgan fingerprint density at radius 1 is 1.59 bits per heavy atom.